The molecule has 19 heavy (non-hydrogen) atoms. The van der Waals surface area contributed by atoms with Gasteiger partial charge in [0.15, 0.2) is 0 Å². The van der Waals surface area contributed by atoms with Gasteiger partial charge in [-0.1, -0.05) is 6.92 Å². The molecule has 0 N–H and O–H groups in total. The maximum absolute atomic E-state index is 9.42. The fourth-order valence-corrected chi connectivity index (χ4v) is 5.66. The molecule has 0 unspecified atom stereocenters. The predicted octanol–water partition coefficient (Wildman–Crippen LogP) is 3.83. The molecule has 4 bridgehead atoms. The van der Waals surface area contributed by atoms with Crippen molar-refractivity contribution in [1.29, 1.82) is 5.26 Å². The highest BCUT2D eigenvalue weighted by molar-refractivity contribution is 5.07. The Bertz CT molecular complexity index is 355. The van der Waals surface area contributed by atoms with E-state index in [0.717, 1.165) is 30.8 Å². The van der Waals surface area contributed by atoms with Gasteiger partial charge in [0.1, 0.15) is 5.54 Å². The molecule has 0 heterocycles. The molecule has 2 nitrogen and oxygen atoms in total. The molecular formula is C17H28N2. The quantitative estimate of drug-likeness (QED) is 0.768. The van der Waals surface area contributed by atoms with Gasteiger partial charge in [-0.15, -0.1) is 0 Å². The van der Waals surface area contributed by atoms with Crippen LogP contribution in [0.4, 0.5) is 0 Å². The summed E-state index contributed by atoms with van der Waals surface area (Å²) in [7, 11) is 0. The third-order valence-electron chi connectivity index (χ3n) is 6.14. The van der Waals surface area contributed by atoms with E-state index in [2.05, 4.69) is 31.7 Å². The van der Waals surface area contributed by atoms with Crippen molar-refractivity contribution in [2.24, 2.45) is 23.2 Å². The minimum Gasteiger partial charge on any atom is -0.286 e. The van der Waals surface area contributed by atoms with E-state index in [1.54, 1.807) is 0 Å². The van der Waals surface area contributed by atoms with Crippen LogP contribution in [0.3, 0.4) is 0 Å². The molecule has 0 aromatic carbocycles. The third-order valence-corrected chi connectivity index (χ3v) is 6.14. The average molecular weight is 260 g/mol. The number of hydrogen-bond acceptors (Lipinski definition) is 2. The van der Waals surface area contributed by atoms with Crippen LogP contribution in [0.15, 0.2) is 0 Å². The lowest BCUT2D eigenvalue weighted by Gasteiger charge is -2.58. The van der Waals surface area contributed by atoms with Crippen molar-refractivity contribution in [2.75, 3.05) is 13.1 Å². The maximum atomic E-state index is 9.42. The maximum Gasteiger partial charge on any atom is 0.103 e. The van der Waals surface area contributed by atoms with Gasteiger partial charge in [-0.2, -0.15) is 5.26 Å². The van der Waals surface area contributed by atoms with Gasteiger partial charge in [-0.3, -0.25) is 4.90 Å². The second kappa shape index (κ2) is 4.48. The smallest absolute Gasteiger partial charge is 0.103 e. The van der Waals surface area contributed by atoms with Crippen molar-refractivity contribution in [3.05, 3.63) is 0 Å². The molecule has 0 aliphatic heterocycles. The van der Waals surface area contributed by atoms with Crippen molar-refractivity contribution < 1.29 is 0 Å². The largest absolute Gasteiger partial charge is 0.286 e. The topological polar surface area (TPSA) is 27.0 Å². The first-order valence-corrected chi connectivity index (χ1v) is 8.13. The highest BCUT2D eigenvalue weighted by atomic mass is 15.2. The standard InChI is InChI=1S/C17H28N2/c1-4-19(16(2,3)11-18)12-17-8-13-5-14(9-17)7-15(6-13)10-17/h13-15H,4-10,12H2,1-3H3. The summed E-state index contributed by atoms with van der Waals surface area (Å²) in [6, 6.07) is 2.50. The van der Waals surface area contributed by atoms with Gasteiger partial charge in [0.25, 0.3) is 0 Å². The van der Waals surface area contributed by atoms with Crippen LogP contribution in [0.25, 0.3) is 0 Å². The lowest BCUT2D eigenvalue weighted by atomic mass is 9.49. The number of rotatable bonds is 4. The van der Waals surface area contributed by atoms with Crippen molar-refractivity contribution >= 4 is 0 Å². The number of nitriles is 1. The Morgan fingerprint density at radius 2 is 1.58 bits per heavy atom. The first-order chi connectivity index (χ1) is 8.96. The van der Waals surface area contributed by atoms with E-state index in [4.69, 9.17) is 0 Å². The van der Waals surface area contributed by atoms with E-state index >= 15 is 0 Å². The molecule has 106 valence electrons. The van der Waals surface area contributed by atoms with Gasteiger partial charge in [0.05, 0.1) is 6.07 Å². The third kappa shape index (κ3) is 2.31. The zero-order chi connectivity index (χ0) is 13.7. The number of hydrogen-bond donors (Lipinski definition) is 0. The Labute approximate surface area is 118 Å². The van der Waals surface area contributed by atoms with Gasteiger partial charge < -0.3 is 0 Å². The zero-order valence-corrected chi connectivity index (χ0v) is 12.8. The van der Waals surface area contributed by atoms with E-state index in [-0.39, 0.29) is 5.54 Å². The first-order valence-electron chi connectivity index (χ1n) is 8.13. The van der Waals surface area contributed by atoms with Crippen LogP contribution in [0.1, 0.15) is 59.3 Å². The monoisotopic (exact) mass is 260 g/mol. The Morgan fingerprint density at radius 1 is 1.11 bits per heavy atom. The second-order valence-electron chi connectivity index (χ2n) is 8.10. The highest BCUT2D eigenvalue weighted by Gasteiger charge is 2.51. The van der Waals surface area contributed by atoms with Gasteiger partial charge >= 0.3 is 0 Å². The predicted molar refractivity (Wildman–Crippen MR) is 77.5 cm³/mol. The van der Waals surface area contributed by atoms with Crippen LogP contribution >= 0.6 is 0 Å². The minimum atomic E-state index is -0.307. The zero-order valence-electron chi connectivity index (χ0n) is 12.8. The average Bonchev–Trinajstić information content (AvgIpc) is 2.34. The van der Waals surface area contributed by atoms with E-state index in [9.17, 15) is 5.26 Å². The van der Waals surface area contributed by atoms with Crippen LogP contribution in [-0.2, 0) is 0 Å². The highest BCUT2D eigenvalue weighted by Crippen LogP contribution is 2.60. The van der Waals surface area contributed by atoms with Crippen LogP contribution < -0.4 is 0 Å². The molecule has 0 amide bonds. The van der Waals surface area contributed by atoms with Crippen molar-refractivity contribution in [1.82, 2.24) is 4.90 Å². The summed E-state index contributed by atoms with van der Waals surface area (Å²) >= 11 is 0. The Balaban J connectivity index is 1.77. The molecule has 4 aliphatic carbocycles. The van der Waals surface area contributed by atoms with E-state index < -0.39 is 0 Å². The van der Waals surface area contributed by atoms with E-state index in [1.807, 2.05) is 0 Å². The number of nitrogens with zero attached hydrogens (tertiary/aromatic N) is 2. The van der Waals surface area contributed by atoms with Crippen molar-refractivity contribution in [2.45, 2.75) is 64.8 Å². The van der Waals surface area contributed by atoms with Crippen molar-refractivity contribution in [3.63, 3.8) is 0 Å². The molecule has 4 rings (SSSR count). The molecule has 0 spiro atoms. The summed E-state index contributed by atoms with van der Waals surface area (Å²) in [6.07, 6.45) is 8.85. The molecule has 0 radical (unpaired) electrons. The molecule has 0 aromatic heterocycles. The molecule has 2 heteroatoms. The van der Waals surface area contributed by atoms with E-state index in [0.29, 0.717) is 5.41 Å². The Morgan fingerprint density at radius 3 is 1.95 bits per heavy atom. The van der Waals surface area contributed by atoms with Crippen LogP contribution in [-0.4, -0.2) is 23.5 Å². The van der Waals surface area contributed by atoms with Crippen molar-refractivity contribution in [3.8, 4) is 6.07 Å². The summed E-state index contributed by atoms with van der Waals surface area (Å²) < 4.78 is 0. The van der Waals surface area contributed by atoms with E-state index in [1.165, 1.54) is 38.5 Å². The Hall–Kier alpha value is -0.550. The van der Waals surface area contributed by atoms with Crippen LogP contribution in [0.5, 0.6) is 0 Å². The second-order valence-corrected chi connectivity index (χ2v) is 8.10. The normalized spacial score (nSPS) is 40.7. The fourth-order valence-electron chi connectivity index (χ4n) is 5.66. The lowest BCUT2D eigenvalue weighted by molar-refractivity contribution is -0.0766. The van der Waals surface area contributed by atoms with Gasteiger partial charge in [-0.05, 0) is 82.1 Å². The molecule has 0 saturated heterocycles. The van der Waals surface area contributed by atoms with Gasteiger partial charge in [-0.25, -0.2) is 0 Å². The summed E-state index contributed by atoms with van der Waals surface area (Å²) in [5.74, 6) is 3.03. The van der Waals surface area contributed by atoms with Crippen LogP contribution in [0, 0.1) is 34.5 Å². The van der Waals surface area contributed by atoms with Gasteiger partial charge in [0, 0.05) is 6.54 Å². The molecule has 4 fully saturated rings. The molecular weight excluding hydrogens is 232 g/mol. The fraction of sp³-hybridized carbons (Fsp3) is 0.941. The lowest BCUT2D eigenvalue weighted by Crippen LogP contribution is -2.55. The van der Waals surface area contributed by atoms with Gasteiger partial charge in [0.2, 0.25) is 0 Å². The SMILES string of the molecule is CCN(CC12CC3CC(CC(C3)C1)C2)C(C)(C)C#N. The molecule has 4 saturated carbocycles. The minimum absolute atomic E-state index is 0.307. The Kier molecular flexibility index (Phi) is 3.17. The summed E-state index contributed by atoms with van der Waals surface area (Å²) in [4.78, 5) is 2.43. The first kappa shape index (κ1) is 13.4. The molecule has 4 aliphatic rings. The summed E-state index contributed by atoms with van der Waals surface area (Å²) in [5.41, 5.74) is 0.247. The summed E-state index contributed by atoms with van der Waals surface area (Å²) in [6.45, 7) is 8.53. The molecule has 0 atom stereocenters. The van der Waals surface area contributed by atoms with Crippen LogP contribution in [0.2, 0.25) is 0 Å². The molecule has 0 aromatic rings. The summed E-state index contributed by atoms with van der Waals surface area (Å²) in [5, 5.41) is 9.42.